The van der Waals surface area contributed by atoms with Crippen molar-refractivity contribution in [2.24, 2.45) is 0 Å². The number of aromatic nitrogens is 2. The minimum atomic E-state index is -1.01. The van der Waals surface area contributed by atoms with Gasteiger partial charge in [0.15, 0.2) is 0 Å². The van der Waals surface area contributed by atoms with E-state index in [1.54, 1.807) is 6.20 Å². The molecule has 7 nitrogen and oxygen atoms in total. The normalized spacial score (nSPS) is 14.6. The van der Waals surface area contributed by atoms with Crippen molar-refractivity contribution in [1.29, 1.82) is 0 Å². The summed E-state index contributed by atoms with van der Waals surface area (Å²) >= 11 is 0. The zero-order chi connectivity index (χ0) is 12.0. The number of hydrogen-bond donors (Lipinski definition) is 5. The predicted molar refractivity (Wildman–Crippen MR) is 54.8 cm³/mol. The fraction of sp³-hybridized carbons (Fsp3) is 0.556. The van der Waals surface area contributed by atoms with Crippen LogP contribution in [0.15, 0.2) is 12.5 Å². The summed E-state index contributed by atoms with van der Waals surface area (Å²) < 4.78 is 0. The number of H-pyrrole nitrogens is 1. The van der Waals surface area contributed by atoms with Gasteiger partial charge in [0, 0.05) is 24.9 Å². The van der Waals surface area contributed by atoms with Gasteiger partial charge in [0.2, 0.25) is 0 Å². The molecule has 0 fully saturated rings. The van der Waals surface area contributed by atoms with E-state index >= 15 is 0 Å². The lowest BCUT2D eigenvalue weighted by Crippen LogP contribution is -2.43. The van der Waals surface area contributed by atoms with Crippen LogP contribution < -0.4 is 5.32 Å². The number of aliphatic hydroxyl groups is 2. The van der Waals surface area contributed by atoms with Crippen molar-refractivity contribution in [3.05, 3.63) is 18.2 Å². The molecule has 1 aromatic rings. The number of aliphatic hydroxyl groups excluding tert-OH is 2. The van der Waals surface area contributed by atoms with Crippen molar-refractivity contribution in [3.8, 4) is 0 Å². The number of imidazole rings is 1. The molecule has 0 bridgehead atoms. The molecular formula is C9H15N3O4. The fourth-order valence-electron chi connectivity index (χ4n) is 1.21. The van der Waals surface area contributed by atoms with Crippen LogP contribution in [0, 0.1) is 0 Å². The lowest BCUT2D eigenvalue weighted by atomic mass is 10.1. The molecule has 90 valence electrons. The average molecular weight is 229 g/mol. The molecular weight excluding hydrogens is 214 g/mol. The van der Waals surface area contributed by atoms with E-state index in [4.69, 9.17) is 15.3 Å². The van der Waals surface area contributed by atoms with E-state index in [-0.39, 0.29) is 13.0 Å². The van der Waals surface area contributed by atoms with Gasteiger partial charge in [-0.3, -0.25) is 4.79 Å². The summed E-state index contributed by atoms with van der Waals surface area (Å²) in [4.78, 5) is 17.5. The largest absolute Gasteiger partial charge is 0.480 e. The van der Waals surface area contributed by atoms with Crippen molar-refractivity contribution < 1.29 is 20.1 Å². The first kappa shape index (κ1) is 12.6. The van der Waals surface area contributed by atoms with Gasteiger partial charge in [-0.2, -0.15) is 0 Å². The highest BCUT2D eigenvalue weighted by molar-refractivity contribution is 5.73. The summed E-state index contributed by atoms with van der Waals surface area (Å²) in [5.41, 5.74) is 0.693. The van der Waals surface area contributed by atoms with Crippen LogP contribution in [-0.4, -0.2) is 56.6 Å². The summed E-state index contributed by atoms with van der Waals surface area (Å²) in [5.74, 6) is -1.01. The molecule has 0 amide bonds. The Labute approximate surface area is 92.1 Å². The maximum absolute atomic E-state index is 10.9. The molecule has 0 aliphatic heterocycles. The van der Waals surface area contributed by atoms with Crippen LogP contribution in [-0.2, 0) is 11.2 Å². The summed E-state index contributed by atoms with van der Waals surface area (Å²) in [6, 6.07) is -0.818. The SMILES string of the molecule is O=C(O)C(Cc1cnc[nH]1)NCC(O)CO. The second kappa shape index (κ2) is 6.21. The summed E-state index contributed by atoms with van der Waals surface area (Å²) in [6.07, 6.45) is 2.30. The lowest BCUT2D eigenvalue weighted by molar-refractivity contribution is -0.139. The maximum Gasteiger partial charge on any atom is 0.321 e. The minimum absolute atomic E-state index is 0.0294. The summed E-state index contributed by atoms with van der Waals surface area (Å²) in [5, 5.41) is 29.2. The molecule has 0 aliphatic rings. The number of carboxylic acid groups (broad SMARTS) is 1. The third-order valence-electron chi connectivity index (χ3n) is 2.09. The number of nitrogens with zero attached hydrogens (tertiary/aromatic N) is 1. The Kier molecular flexibility index (Phi) is 4.90. The number of aromatic amines is 1. The van der Waals surface area contributed by atoms with Gasteiger partial charge in [0.1, 0.15) is 6.04 Å². The van der Waals surface area contributed by atoms with Crippen LogP contribution >= 0.6 is 0 Å². The first-order chi connectivity index (χ1) is 7.63. The second-order valence-electron chi connectivity index (χ2n) is 3.42. The molecule has 1 aromatic heterocycles. The van der Waals surface area contributed by atoms with Gasteiger partial charge in [0.25, 0.3) is 0 Å². The van der Waals surface area contributed by atoms with Crippen LogP contribution in [0.4, 0.5) is 0 Å². The summed E-state index contributed by atoms with van der Waals surface area (Å²) in [7, 11) is 0. The first-order valence-electron chi connectivity index (χ1n) is 4.86. The van der Waals surface area contributed by atoms with E-state index in [1.807, 2.05) is 0 Å². The highest BCUT2D eigenvalue weighted by Crippen LogP contribution is 1.98. The van der Waals surface area contributed by atoms with E-state index in [0.29, 0.717) is 5.69 Å². The molecule has 0 aromatic carbocycles. The number of rotatable bonds is 7. The smallest absolute Gasteiger partial charge is 0.321 e. The average Bonchev–Trinajstić information content (AvgIpc) is 2.75. The van der Waals surface area contributed by atoms with Crippen molar-refractivity contribution in [1.82, 2.24) is 15.3 Å². The first-order valence-corrected chi connectivity index (χ1v) is 4.86. The predicted octanol–water partition coefficient (Wildman–Crippen LogP) is -1.65. The van der Waals surface area contributed by atoms with Gasteiger partial charge in [-0.25, -0.2) is 4.98 Å². The van der Waals surface area contributed by atoms with Crippen molar-refractivity contribution in [3.63, 3.8) is 0 Å². The van der Waals surface area contributed by atoms with Gasteiger partial charge in [-0.05, 0) is 0 Å². The number of carbonyl (C=O) groups is 1. The monoisotopic (exact) mass is 229 g/mol. The van der Waals surface area contributed by atoms with Crippen molar-refractivity contribution in [2.75, 3.05) is 13.2 Å². The Morgan fingerprint density at radius 3 is 2.88 bits per heavy atom. The van der Waals surface area contributed by atoms with Crippen LogP contribution in [0.1, 0.15) is 5.69 Å². The minimum Gasteiger partial charge on any atom is -0.480 e. The van der Waals surface area contributed by atoms with Crippen LogP contribution in [0.5, 0.6) is 0 Å². The van der Waals surface area contributed by atoms with E-state index in [1.165, 1.54) is 6.33 Å². The molecule has 0 saturated heterocycles. The fourth-order valence-corrected chi connectivity index (χ4v) is 1.21. The third kappa shape index (κ3) is 3.97. The highest BCUT2D eigenvalue weighted by Gasteiger charge is 2.18. The van der Waals surface area contributed by atoms with E-state index in [0.717, 1.165) is 0 Å². The van der Waals surface area contributed by atoms with Crippen LogP contribution in [0.2, 0.25) is 0 Å². The molecule has 2 atom stereocenters. The van der Waals surface area contributed by atoms with Gasteiger partial charge < -0.3 is 25.6 Å². The van der Waals surface area contributed by atoms with Crippen LogP contribution in [0.25, 0.3) is 0 Å². The molecule has 1 rings (SSSR count). The molecule has 0 aliphatic carbocycles. The zero-order valence-electron chi connectivity index (χ0n) is 8.63. The molecule has 0 saturated carbocycles. The Hall–Kier alpha value is -1.44. The zero-order valence-corrected chi connectivity index (χ0v) is 8.63. The quantitative estimate of drug-likeness (QED) is 0.382. The molecule has 0 spiro atoms. The Balaban J connectivity index is 2.45. The maximum atomic E-state index is 10.9. The Bertz CT molecular complexity index is 315. The number of nitrogens with one attached hydrogen (secondary N) is 2. The lowest BCUT2D eigenvalue weighted by Gasteiger charge is -2.15. The van der Waals surface area contributed by atoms with Crippen molar-refractivity contribution >= 4 is 5.97 Å². The second-order valence-corrected chi connectivity index (χ2v) is 3.42. The topological polar surface area (TPSA) is 118 Å². The molecule has 2 unspecified atom stereocenters. The molecule has 5 N–H and O–H groups in total. The van der Waals surface area contributed by atoms with Gasteiger partial charge >= 0.3 is 5.97 Å². The van der Waals surface area contributed by atoms with Crippen molar-refractivity contribution in [2.45, 2.75) is 18.6 Å². The van der Waals surface area contributed by atoms with Crippen LogP contribution in [0.3, 0.4) is 0 Å². The number of carboxylic acids is 1. The Morgan fingerprint density at radius 1 is 1.62 bits per heavy atom. The third-order valence-corrected chi connectivity index (χ3v) is 2.09. The summed E-state index contributed by atoms with van der Waals surface area (Å²) in [6.45, 7) is -0.370. The van der Waals surface area contributed by atoms with Gasteiger partial charge in [-0.15, -0.1) is 0 Å². The standard InChI is InChI=1S/C9H15N3O4/c13-4-7(14)3-11-8(9(15)16)1-6-2-10-5-12-6/h2,5,7-8,11,13-14H,1,3-4H2,(H,10,12)(H,15,16). The Morgan fingerprint density at radius 2 is 2.38 bits per heavy atom. The number of hydrogen-bond acceptors (Lipinski definition) is 5. The van der Waals surface area contributed by atoms with Gasteiger partial charge in [-0.1, -0.05) is 0 Å². The van der Waals surface area contributed by atoms with Gasteiger partial charge in [0.05, 0.1) is 19.0 Å². The molecule has 7 heteroatoms. The number of aliphatic carboxylic acids is 1. The highest BCUT2D eigenvalue weighted by atomic mass is 16.4. The molecule has 1 heterocycles. The molecule has 16 heavy (non-hydrogen) atoms. The molecule has 0 radical (unpaired) electrons. The van der Waals surface area contributed by atoms with E-state index < -0.39 is 24.7 Å². The van der Waals surface area contributed by atoms with E-state index in [2.05, 4.69) is 15.3 Å². The van der Waals surface area contributed by atoms with E-state index in [9.17, 15) is 4.79 Å².